The van der Waals surface area contributed by atoms with Gasteiger partial charge in [0.05, 0.1) is 0 Å². The third kappa shape index (κ3) is 5.71. The first kappa shape index (κ1) is 20.2. The molecule has 3 amide bonds. The Morgan fingerprint density at radius 3 is 2.36 bits per heavy atom. The maximum atomic E-state index is 12.8. The normalized spacial score (nSPS) is 17.8. The van der Waals surface area contributed by atoms with E-state index in [1.165, 1.54) is 0 Å². The summed E-state index contributed by atoms with van der Waals surface area (Å²) in [4.78, 5) is 38.7. The molecule has 2 aliphatic rings. The van der Waals surface area contributed by atoms with Gasteiger partial charge >= 0.3 is 6.09 Å². The Labute approximate surface area is 165 Å². The van der Waals surface area contributed by atoms with Gasteiger partial charge in [-0.15, -0.1) is 0 Å². The van der Waals surface area contributed by atoms with E-state index in [4.69, 9.17) is 4.74 Å². The number of benzene rings is 1. The third-order valence-corrected chi connectivity index (χ3v) is 4.83. The van der Waals surface area contributed by atoms with Crippen molar-refractivity contribution < 1.29 is 19.1 Å². The van der Waals surface area contributed by atoms with Gasteiger partial charge in [-0.1, -0.05) is 6.07 Å². The lowest BCUT2D eigenvalue weighted by Crippen LogP contribution is -2.43. The summed E-state index contributed by atoms with van der Waals surface area (Å²) >= 11 is 0. The highest BCUT2D eigenvalue weighted by Gasteiger charge is 2.31. The molecular formula is C21H29N3O4. The molecule has 1 saturated heterocycles. The van der Waals surface area contributed by atoms with Gasteiger partial charge < -0.3 is 15.0 Å². The Hall–Kier alpha value is -2.57. The molecule has 1 heterocycles. The number of carbonyl (C=O) groups excluding carboxylic acids is 3. The molecule has 1 aromatic carbocycles. The topological polar surface area (TPSA) is 87.7 Å². The number of ether oxygens (including phenoxy) is 1. The molecule has 1 aromatic rings. The average molecular weight is 387 g/mol. The van der Waals surface area contributed by atoms with E-state index >= 15 is 0 Å². The highest BCUT2D eigenvalue weighted by molar-refractivity contribution is 5.96. The first-order chi connectivity index (χ1) is 13.2. The van der Waals surface area contributed by atoms with Gasteiger partial charge in [-0.2, -0.15) is 0 Å². The second kappa shape index (κ2) is 8.20. The number of piperidine rings is 1. The Morgan fingerprint density at radius 2 is 1.75 bits per heavy atom. The number of nitrogens with one attached hydrogen (secondary N) is 2. The van der Waals surface area contributed by atoms with Gasteiger partial charge in [0.2, 0.25) is 5.91 Å². The average Bonchev–Trinajstić information content (AvgIpc) is 3.43. The molecule has 3 rings (SSSR count). The van der Waals surface area contributed by atoms with Gasteiger partial charge in [-0.05, 0) is 64.7 Å². The molecule has 0 atom stereocenters. The summed E-state index contributed by atoms with van der Waals surface area (Å²) in [6.45, 7) is 6.50. The summed E-state index contributed by atoms with van der Waals surface area (Å²) in [6, 6.07) is 7.20. The van der Waals surface area contributed by atoms with Crippen LogP contribution in [-0.4, -0.2) is 47.5 Å². The number of hydrogen-bond acceptors (Lipinski definition) is 4. The molecule has 152 valence electrons. The number of hydrogen-bond donors (Lipinski definition) is 2. The Morgan fingerprint density at radius 1 is 1.07 bits per heavy atom. The molecule has 0 radical (unpaired) electrons. The molecule has 28 heavy (non-hydrogen) atoms. The highest BCUT2D eigenvalue weighted by Crippen LogP contribution is 2.24. The van der Waals surface area contributed by atoms with Crippen molar-refractivity contribution in [2.75, 3.05) is 18.4 Å². The number of rotatable bonds is 4. The summed E-state index contributed by atoms with van der Waals surface area (Å²) in [7, 11) is 0. The van der Waals surface area contributed by atoms with Crippen LogP contribution in [0.4, 0.5) is 10.5 Å². The summed E-state index contributed by atoms with van der Waals surface area (Å²) in [5, 5.41) is 5.70. The van der Waals surface area contributed by atoms with E-state index in [-0.39, 0.29) is 17.7 Å². The first-order valence-corrected chi connectivity index (χ1v) is 9.91. The second-order valence-electron chi connectivity index (χ2n) is 8.56. The summed E-state index contributed by atoms with van der Waals surface area (Å²) in [6.07, 6.45) is 2.97. The van der Waals surface area contributed by atoms with Crippen molar-refractivity contribution >= 4 is 23.6 Å². The molecule has 0 spiro atoms. The summed E-state index contributed by atoms with van der Waals surface area (Å²) in [5.41, 5.74) is 0.432. The van der Waals surface area contributed by atoms with Crippen LogP contribution in [0.2, 0.25) is 0 Å². The Balaban J connectivity index is 1.54. The predicted molar refractivity (Wildman–Crippen MR) is 106 cm³/mol. The van der Waals surface area contributed by atoms with Crippen LogP contribution in [0.25, 0.3) is 0 Å². The van der Waals surface area contributed by atoms with Crippen molar-refractivity contribution in [2.45, 2.75) is 58.1 Å². The van der Waals surface area contributed by atoms with Crippen molar-refractivity contribution in [1.29, 1.82) is 0 Å². The van der Waals surface area contributed by atoms with Gasteiger partial charge in [-0.3, -0.25) is 14.9 Å². The molecule has 1 saturated carbocycles. The van der Waals surface area contributed by atoms with Gasteiger partial charge in [-0.25, -0.2) is 4.79 Å². The van der Waals surface area contributed by atoms with Crippen LogP contribution in [0.1, 0.15) is 56.8 Å². The SMILES string of the molecule is CC(C)(C)OC(=O)Nc1cccc(C(=O)N2CCC(C(=O)NC3CC3)CC2)c1. The molecule has 0 bridgehead atoms. The lowest BCUT2D eigenvalue weighted by atomic mass is 9.95. The molecule has 7 heteroatoms. The molecule has 7 nitrogen and oxygen atoms in total. The van der Waals surface area contributed by atoms with Crippen LogP contribution in [0.3, 0.4) is 0 Å². The van der Waals surface area contributed by atoms with Crippen molar-refractivity contribution in [2.24, 2.45) is 5.92 Å². The first-order valence-electron chi connectivity index (χ1n) is 9.91. The van der Waals surface area contributed by atoms with Crippen LogP contribution in [0.15, 0.2) is 24.3 Å². The van der Waals surface area contributed by atoms with Gasteiger partial charge in [0, 0.05) is 36.3 Å². The minimum Gasteiger partial charge on any atom is -0.444 e. The summed E-state index contributed by atoms with van der Waals surface area (Å²) in [5.74, 6) is 0.0249. The van der Waals surface area contributed by atoms with Crippen molar-refractivity contribution in [1.82, 2.24) is 10.2 Å². The predicted octanol–water partition coefficient (Wildman–Crippen LogP) is 3.16. The molecule has 1 aliphatic heterocycles. The van der Waals surface area contributed by atoms with Crippen LogP contribution in [0, 0.1) is 5.92 Å². The molecule has 2 fully saturated rings. The molecule has 2 N–H and O–H groups in total. The van der Waals surface area contributed by atoms with Crippen molar-refractivity contribution in [3.05, 3.63) is 29.8 Å². The van der Waals surface area contributed by atoms with Crippen molar-refractivity contribution in [3.8, 4) is 0 Å². The van der Waals surface area contributed by atoms with Crippen molar-refractivity contribution in [3.63, 3.8) is 0 Å². The van der Waals surface area contributed by atoms with Crippen LogP contribution < -0.4 is 10.6 Å². The largest absolute Gasteiger partial charge is 0.444 e. The zero-order valence-corrected chi connectivity index (χ0v) is 16.8. The Bertz CT molecular complexity index is 744. The zero-order valence-electron chi connectivity index (χ0n) is 16.8. The fourth-order valence-electron chi connectivity index (χ4n) is 3.23. The van der Waals surface area contributed by atoms with E-state index in [2.05, 4.69) is 10.6 Å². The van der Waals surface area contributed by atoms with Crippen LogP contribution in [-0.2, 0) is 9.53 Å². The summed E-state index contributed by atoms with van der Waals surface area (Å²) < 4.78 is 5.24. The lowest BCUT2D eigenvalue weighted by Gasteiger charge is -2.31. The fraction of sp³-hybridized carbons (Fsp3) is 0.571. The zero-order chi connectivity index (χ0) is 20.3. The van der Waals surface area contributed by atoms with E-state index in [1.54, 1.807) is 49.9 Å². The van der Waals surface area contributed by atoms with Gasteiger partial charge in [0.25, 0.3) is 5.91 Å². The minimum atomic E-state index is -0.590. The highest BCUT2D eigenvalue weighted by atomic mass is 16.6. The maximum Gasteiger partial charge on any atom is 0.412 e. The fourth-order valence-corrected chi connectivity index (χ4v) is 3.23. The number of nitrogens with zero attached hydrogens (tertiary/aromatic N) is 1. The van der Waals surface area contributed by atoms with E-state index < -0.39 is 11.7 Å². The monoisotopic (exact) mass is 387 g/mol. The standard InChI is InChI=1S/C21H29N3O4/c1-21(2,3)28-20(27)23-17-6-4-5-15(13-17)19(26)24-11-9-14(10-12-24)18(25)22-16-7-8-16/h4-6,13-14,16H,7-12H2,1-3H3,(H,22,25)(H,23,27). The maximum absolute atomic E-state index is 12.8. The van der Waals surface area contributed by atoms with E-state index in [9.17, 15) is 14.4 Å². The van der Waals surface area contributed by atoms with E-state index in [1.807, 2.05) is 0 Å². The van der Waals surface area contributed by atoms with Crippen LogP contribution >= 0.6 is 0 Å². The minimum absolute atomic E-state index is 0.00943. The Kier molecular flexibility index (Phi) is 5.91. The number of amides is 3. The molecular weight excluding hydrogens is 358 g/mol. The number of carbonyl (C=O) groups is 3. The number of likely N-dealkylation sites (tertiary alicyclic amines) is 1. The van der Waals surface area contributed by atoms with Crippen LogP contribution in [0.5, 0.6) is 0 Å². The van der Waals surface area contributed by atoms with Gasteiger partial charge in [0.15, 0.2) is 0 Å². The molecule has 0 aromatic heterocycles. The lowest BCUT2D eigenvalue weighted by molar-refractivity contribution is -0.126. The van der Waals surface area contributed by atoms with E-state index in [0.29, 0.717) is 43.2 Å². The molecule has 1 aliphatic carbocycles. The van der Waals surface area contributed by atoms with Gasteiger partial charge in [0.1, 0.15) is 5.60 Å². The smallest absolute Gasteiger partial charge is 0.412 e. The quantitative estimate of drug-likeness (QED) is 0.831. The number of anilines is 1. The van der Waals surface area contributed by atoms with E-state index in [0.717, 1.165) is 12.8 Å². The molecule has 0 unspecified atom stereocenters. The second-order valence-corrected chi connectivity index (χ2v) is 8.56. The third-order valence-electron chi connectivity index (χ3n) is 4.83.